The summed E-state index contributed by atoms with van der Waals surface area (Å²) in [6.45, 7) is 6.40. The van der Waals surface area contributed by atoms with Crippen molar-refractivity contribution in [2.45, 2.75) is 19.5 Å². The summed E-state index contributed by atoms with van der Waals surface area (Å²) < 4.78 is 7.25. The van der Waals surface area contributed by atoms with Crippen LogP contribution in [0.2, 0.25) is 0 Å². The molecule has 5 heteroatoms. The molecule has 1 fully saturated rings. The predicted molar refractivity (Wildman–Crippen MR) is 90.3 cm³/mol. The van der Waals surface area contributed by atoms with Crippen molar-refractivity contribution in [2.24, 2.45) is 0 Å². The number of nitrogens with zero attached hydrogens (tertiary/aromatic N) is 2. The zero-order valence-electron chi connectivity index (χ0n) is 13.4. The molecule has 1 atom stereocenters. The van der Waals surface area contributed by atoms with E-state index < -0.39 is 0 Å². The first-order valence-electron chi connectivity index (χ1n) is 8.05. The van der Waals surface area contributed by atoms with Gasteiger partial charge in [-0.05, 0) is 36.8 Å². The molecular formula is C18H23N3O2. The number of hydrogen-bond acceptors (Lipinski definition) is 3. The second-order valence-electron chi connectivity index (χ2n) is 5.88. The lowest BCUT2D eigenvalue weighted by atomic mass is 10.2. The van der Waals surface area contributed by atoms with Crippen LogP contribution in [0.5, 0.6) is 0 Å². The number of morpholine rings is 1. The van der Waals surface area contributed by atoms with E-state index >= 15 is 0 Å². The van der Waals surface area contributed by atoms with Crippen LogP contribution in [0, 0.1) is 0 Å². The fourth-order valence-electron chi connectivity index (χ4n) is 2.70. The van der Waals surface area contributed by atoms with Gasteiger partial charge in [-0.2, -0.15) is 0 Å². The fourth-order valence-corrected chi connectivity index (χ4v) is 2.70. The molecule has 2 aromatic rings. The molecule has 1 amide bonds. The molecule has 23 heavy (non-hydrogen) atoms. The minimum atomic E-state index is -0.224. The summed E-state index contributed by atoms with van der Waals surface area (Å²) in [7, 11) is 0. The van der Waals surface area contributed by atoms with Gasteiger partial charge in [0.2, 0.25) is 5.91 Å². The normalized spacial score (nSPS) is 16.9. The van der Waals surface area contributed by atoms with E-state index in [1.54, 1.807) is 0 Å². The smallest absolute Gasteiger partial charge is 0.247 e. The molecular weight excluding hydrogens is 290 g/mol. The van der Waals surface area contributed by atoms with Gasteiger partial charge in [-0.1, -0.05) is 12.1 Å². The molecule has 1 N–H and O–H groups in total. The van der Waals surface area contributed by atoms with Crippen LogP contribution in [0.1, 0.15) is 18.5 Å². The quantitative estimate of drug-likeness (QED) is 0.922. The van der Waals surface area contributed by atoms with Gasteiger partial charge in [0.05, 0.1) is 13.2 Å². The fraction of sp³-hybridized carbons (Fsp3) is 0.389. The largest absolute Gasteiger partial charge is 0.379 e. The first-order chi connectivity index (χ1) is 11.2. The van der Waals surface area contributed by atoms with E-state index in [4.69, 9.17) is 4.74 Å². The van der Waals surface area contributed by atoms with Crippen molar-refractivity contribution in [3.8, 4) is 0 Å². The highest BCUT2D eigenvalue weighted by Gasteiger charge is 2.14. The second-order valence-corrected chi connectivity index (χ2v) is 5.88. The van der Waals surface area contributed by atoms with Gasteiger partial charge in [0, 0.05) is 37.7 Å². The molecule has 1 saturated heterocycles. The number of anilines is 1. The average Bonchev–Trinajstić information content (AvgIpc) is 3.11. The molecule has 5 nitrogen and oxygen atoms in total. The molecule has 3 rings (SSSR count). The Kier molecular flexibility index (Phi) is 5.10. The summed E-state index contributed by atoms with van der Waals surface area (Å²) in [5.74, 6) is -0.0119. The Balaban J connectivity index is 1.55. The molecule has 1 aliphatic rings. The van der Waals surface area contributed by atoms with Crippen molar-refractivity contribution in [3.05, 3.63) is 54.4 Å². The van der Waals surface area contributed by atoms with E-state index in [0.29, 0.717) is 0 Å². The minimum absolute atomic E-state index is 0.0119. The van der Waals surface area contributed by atoms with Gasteiger partial charge in [-0.25, -0.2) is 0 Å². The molecule has 1 aromatic carbocycles. The third-order valence-electron chi connectivity index (χ3n) is 4.19. The van der Waals surface area contributed by atoms with Crippen LogP contribution in [0.3, 0.4) is 0 Å². The highest BCUT2D eigenvalue weighted by Crippen LogP contribution is 2.15. The summed E-state index contributed by atoms with van der Waals surface area (Å²) in [6, 6.07) is 11.7. The molecule has 2 heterocycles. The Bertz CT molecular complexity index is 616. The standard InChI is InChI=1S/C18H23N3O2/c1-15(21-8-2-3-9-21)18(22)19-17-6-4-16(5-7-17)14-20-10-12-23-13-11-20/h2-9,15H,10-14H2,1H3,(H,19,22)/t15-/m1/s1. The van der Waals surface area contributed by atoms with Crippen LogP contribution in [-0.4, -0.2) is 41.7 Å². The van der Waals surface area contributed by atoms with E-state index in [1.165, 1.54) is 5.56 Å². The number of amides is 1. The number of ether oxygens (including phenoxy) is 1. The molecule has 0 bridgehead atoms. The summed E-state index contributed by atoms with van der Waals surface area (Å²) in [5.41, 5.74) is 2.09. The van der Waals surface area contributed by atoms with Crippen molar-refractivity contribution in [2.75, 3.05) is 31.6 Å². The Morgan fingerprint density at radius 2 is 1.83 bits per heavy atom. The second kappa shape index (κ2) is 7.44. The highest BCUT2D eigenvalue weighted by atomic mass is 16.5. The average molecular weight is 313 g/mol. The highest BCUT2D eigenvalue weighted by molar-refractivity contribution is 5.93. The summed E-state index contributed by atoms with van der Waals surface area (Å²) in [5, 5.41) is 2.97. The Morgan fingerprint density at radius 3 is 2.48 bits per heavy atom. The van der Waals surface area contributed by atoms with Gasteiger partial charge in [0.15, 0.2) is 0 Å². The van der Waals surface area contributed by atoms with Gasteiger partial charge in [-0.15, -0.1) is 0 Å². The van der Waals surface area contributed by atoms with Crippen LogP contribution in [-0.2, 0) is 16.1 Å². The van der Waals surface area contributed by atoms with E-state index in [0.717, 1.165) is 38.5 Å². The Labute approximate surface area is 136 Å². The van der Waals surface area contributed by atoms with E-state index in [9.17, 15) is 4.79 Å². The predicted octanol–water partition coefficient (Wildman–Crippen LogP) is 2.52. The molecule has 122 valence electrons. The number of hydrogen-bond donors (Lipinski definition) is 1. The van der Waals surface area contributed by atoms with Crippen LogP contribution in [0.4, 0.5) is 5.69 Å². The van der Waals surface area contributed by atoms with Crippen LogP contribution >= 0.6 is 0 Å². The van der Waals surface area contributed by atoms with E-state index in [2.05, 4.69) is 22.3 Å². The zero-order chi connectivity index (χ0) is 16.1. The molecule has 0 unspecified atom stereocenters. The first-order valence-corrected chi connectivity index (χ1v) is 8.05. The number of nitrogens with one attached hydrogen (secondary N) is 1. The molecule has 0 spiro atoms. The van der Waals surface area contributed by atoms with Crippen LogP contribution in [0.15, 0.2) is 48.8 Å². The van der Waals surface area contributed by atoms with Crippen molar-refractivity contribution in [3.63, 3.8) is 0 Å². The number of rotatable bonds is 5. The number of aromatic nitrogens is 1. The van der Waals surface area contributed by atoms with Gasteiger partial charge in [0.1, 0.15) is 6.04 Å². The SMILES string of the molecule is C[C@H](C(=O)Nc1ccc(CN2CCOCC2)cc1)n1cccc1. The lowest BCUT2D eigenvalue weighted by molar-refractivity contribution is -0.118. The summed E-state index contributed by atoms with van der Waals surface area (Å²) >= 11 is 0. The summed E-state index contributed by atoms with van der Waals surface area (Å²) in [4.78, 5) is 14.6. The molecule has 0 aliphatic carbocycles. The number of benzene rings is 1. The van der Waals surface area contributed by atoms with E-state index in [-0.39, 0.29) is 11.9 Å². The van der Waals surface area contributed by atoms with Crippen molar-refractivity contribution >= 4 is 11.6 Å². The van der Waals surface area contributed by atoms with Crippen LogP contribution in [0.25, 0.3) is 0 Å². The molecule has 1 aliphatic heterocycles. The van der Waals surface area contributed by atoms with Crippen molar-refractivity contribution in [1.82, 2.24) is 9.47 Å². The third-order valence-corrected chi connectivity index (χ3v) is 4.19. The van der Waals surface area contributed by atoms with Crippen molar-refractivity contribution < 1.29 is 9.53 Å². The lowest BCUT2D eigenvalue weighted by Gasteiger charge is -2.26. The minimum Gasteiger partial charge on any atom is -0.379 e. The Morgan fingerprint density at radius 1 is 1.17 bits per heavy atom. The van der Waals surface area contributed by atoms with Gasteiger partial charge in [-0.3, -0.25) is 9.69 Å². The Hall–Kier alpha value is -2.11. The van der Waals surface area contributed by atoms with Crippen LogP contribution < -0.4 is 5.32 Å². The summed E-state index contributed by atoms with van der Waals surface area (Å²) in [6.07, 6.45) is 3.80. The maximum atomic E-state index is 12.3. The number of carbonyl (C=O) groups excluding carboxylic acids is 1. The first kappa shape index (κ1) is 15.8. The number of carbonyl (C=O) groups is 1. The molecule has 0 radical (unpaired) electrons. The topological polar surface area (TPSA) is 46.5 Å². The van der Waals surface area contributed by atoms with E-state index in [1.807, 2.05) is 48.1 Å². The molecule has 0 saturated carbocycles. The maximum absolute atomic E-state index is 12.3. The monoisotopic (exact) mass is 313 g/mol. The van der Waals surface area contributed by atoms with Crippen molar-refractivity contribution in [1.29, 1.82) is 0 Å². The zero-order valence-corrected chi connectivity index (χ0v) is 13.4. The maximum Gasteiger partial charge on any atom is 0.247 e. The lowest BCUT2D eigenvalue weighted by Crippen LogP contribution is -2.35. The molecule has 1 aromatic heterocycles. The third kappa shape index (κ3) is 4.21. The van der Waals surface area contributed by atoms with Gasteiger partial charge >= 0.3 is 0 Å². The van der Waals surface area contributed by atoms with Gasteiger partial charge < -0.3 is 14.6 Å². The van der Waals surface area contributed by atoms with Gasteiger partial charge in [0.25, 0.3) is 0 Å².